The standard InChI is InChI=1S/C53H41N/c1-36-27-30-45-46-32-29-41(35-50(46)53(49(45)33-36,38-19-9-5-10-20-38)39-21-11-6-12-22-39)54(51-26-16-14-23-42(51)37-17-7-4-8-18-37)40-28-31-44-43-24-13-15-25-47(43)52(2,3)48(44)34-40/h4-35H,1-3H3. The van der Waals surface area contributed by atoms with Crippen LogP contribution in [0, 0.1) is 6.92 Å². The maximum Gasteiger partial charge on any atom is 0.0714 e. The van der Waals surface area contributed by atoms with Crippen LogP contribution in [0.1, 0.15) is 52.8 Å². The Hall–Kier alpha value is -6.44. The van der Waals surface area contributed by atoms with Crippen molar-refractivity contribution in [2.45, 2.75) is 31.6 Å². The lowest BCUT2D eigenvalue weighted by Gasteiger charge is -2.35. The molecule has 0 spiro atoms. The Balaban J connectivity index is 1.27. The average Bonchev–Trinajstić information content (AvgIpc) is 3.64. The second-order valence-electron chi connectivity index (χ2n) is 15.4. The van der Waals surface area contributed by atoms with E-state index in [4.69, 9.17) is 0 Å². The Kier molecular flexibility index (Phi) is 7.35. The summed E-state index contributed by atoms with van der Waals surface area (Å²) >= 11 is 0. The Bertz CT molecular complexity index is 2650. The summed E-state index contributed by atoms with van der Waals surface area (Å²) in [6.45, 7) is 6.95. The predicted octanol–water partition coefficient (Wildman–Crippen LogP) is 13.8. The van der Waals surface area contributed by atoms with E-state index < -0.39 is 5.41 Å². The number of rotatable bonds is 6. The van der Waals surface area contributed by atoms with E-state index in [0.29, 0.717) is 0 Å². The third-order valence-corrected chi connectivity index (χ3v) is 12.0. The number of aryl methyl sites for hydroxylation is 1. The molecule has 0 aromatic heterocycles. The van der Waals surface area contributed by atoms with Crippen molar-refractivity contribution in [3.8, 4) is 33.4 Å². The van der Waals surface area contributed by atoms with Gasteiger partial charge in [-0.3, -0.25) is 0 Å². The lowest BCUT2D eigenvalue weighted by molar-refractivity contribution is 0.660. The SMILES string of the molecule is Cc1ccc2c(c1)C(c1ccccc1)(c1ccccc1)c1cc(N(c3ccc4c(c3)C(C)(C)c3ccccc3-4)c3ccccc3-c3ccccc3)ccc1-2. The van der Waals surface area contributed by atoms with Crippen LogP contribution in [0.25, 0.3) is 33.4 Å². The molecule has 0 atom stereocenters. The molecule has 0 bridgehead atoms. The van der Waals surface area contributed by atoms with Gasteiger partial charge < -0.3 is 4.90 Å². The van der Waals surface area contributed by atoms with E-state index in [-0.39, 0.29) is 5.41 Å². The van der Waals surface area contributed by atoms with Crippen molar-refractivity contribution in [1.82, 2.24) is 0 Å². The smallest absolute Gasteiger partial charge is 0.0714 e. The topological polar surface area (TPSA) is 3.24 Å². The van der Waals surface area contributed by atoms with E-state index in [2.05, 4.69) is 220 Å². The molecular weight excluding hydrogens is 651 g/mol. The second-order valence-corrected chi connectivity index (χ2v) is 15.4. The molecule has 0 saturated heterocycles. The number of hydrogen-bond acceptors (Lipinski definition) is 1. The van der Waals surface area contributed by atoms with E-state index in [9.17, 15) is 0 Å². The summed E-state index contributed by atoms with van der Waals surface area (Å²) in [4.78, 5) is 2.50. The third kappa shape index (κ3) is 4.71. The van der Waals surface area contributed by atoms with E-state index in [0.717, 1.165) is 17.1 Å². The summed E-state index contributed by atoms with van der Waals surface area (Å²) in [7, 11) is 0. The molecule has 0 saturated carbocycles. The molecule has 8 aromatic rings. The Morgan fingerprint density at radius 2 is 0.833 bits per heavy atom. The second kappa shape index (κ2) is 12.3. The molecule has 2 aliphatic rings. The molecule has 1 heteroatoms. The zero-order valence-corrected chi connectivity index (χ0v) is 30.9. The van der Waals surface area contributed by atoms with Crippen LogP contribution in [-0.4, -0.2) is 0 Å². The van der Waals surface area contributed by atoms with E-state index in [1.165, 1.54) is 72.3 Å². The summed E-state index contributed by atoms with van der Waals surface area (Å²) < 4.78 is 0. The van der Waals surface area contributed by atoms with Gasteiger partial charge in [-0.05, 0) is 98.5 Å². The molecule has 10 rings (SSSR count). The molecule has 1 nitrogen and oxygen atoms in total. The molecule has 54 heavy (non-hydrogen) atoms. The zero-order chi connectivity index (χ0) is 36.4. The lowest BCUT2D eigenvalue weighted by atomic mass is 9.67. The van der Waals surface area contributed by atoms with Crippen LogP contribution in [0.15, 0.2) is 194 Å². The van der Waals surface area contributed by atoms with Crippen molar-refractivity contribution in [3.05, 3.63) is 233 Å². The van der Waals surface area contributed by atoms with Crippen LogP contribution in [0.4, 0.5) is 17.1 Å². The number of para-hydroxylation sites is 1. The molecule has 0 amide bonds. The van der Waals surface area contributed by atoms with Crippen molar-refractivity contribution >= 4 is 17.1 Å². The largest absolute Gasteiger partial charge is 0.310 e. The molecule has 2 aliphatic carbocycles. The minimum atomic E-state index is -0.499. The number of hydrogen-bond donors (Lipinski definition) is 0. The maximum absolute atomic E-state index is 2.50. The summed E-state index contributed by atoms with van der Waals surface area (Å²) in [5.74, 6) is 0. The van der Waals surface area contributed by atoms with Gasteiger partial charge in [0, 0.05) is 22.4 Å². The third-order valence-electron chi connectivity index (χ3n) is 12.0. The minimum Gasteiger partial charge on any atom is -0.310 e. The van der Waals surface area contributed by atoms with Gasteiger partial charge in [0.05, 0.1) is 11.1 Å². The molecule has 0 fully saturated rings. The monoisotopic (exact) mass is 691 g/mol. The molecule has 8 aromatic carbocycles. The van der Waals surface area contributed by atoms with Crippen molar-refractivity contribution in [2.75, 3.05) is 4.90 Å². The quantitative estimate of drug-likeness (QED) is 0.168. The van der Waals surface area contributed by atoms with Gasteiger partial charge in [0.1, 0.15) is 0 Å². The van der Waals surface area contributed by atoms with E-state index in [1.54, 1.807) is 0 Å². The molecular formula is C53H41N. The molecule has 0 heterocycles. The van der Waals surface area contributed by atoms with Crippen LogP contribution >= 0.6 is 0 Å². The number of benzene rings is 8. The molecule has 0 radical (unpaired) electrons. The Labute approximate surface area is 318 Å². The van der Waals surface area contributed by atoms with Gasteiger partial charge in [0.15, 0.2) is 0 Å². The Morgan fingerprint density at radius 3 is 1.48 bits per heavy atom. The summed E-state index contributed by atoms with van der Waals surface area (Å²) in [6.07, 6.45) is 0. The van der Waals surface area contributed by atoms with Crippen LogP contribution < -0.4 is 4.90 Å². The maximum atomic E-state index is 2.50. The highest BCUT2D eigenvalue weighted by Crippen LogP contribution is 2.58. The van der Waals surface area contributed by atoms with E-state index >= 15 is 0 Å². The van der Waals surface area contributed by atoms with Crippen LogP contribution in [0.5, 0.6) is 0 Å². The summed E-state index contributed by atoms with van der Waals surface area (Å²) in [5.41, 5.74) is 19.6. The van der Waals surface area contributed by atoms with Gasteiger partial charge in [-0.1, -0.05) is 183 Å². The van der Waals surface area contributed by atoms with Gasteiger partial charge in [-0.2, -0.15) is 0 Å². The zero-order valence-electron chi connectivity index (χ0n) is 30.9. The van der Waals surface area contributed by atoms with Crippen molar-refractivity contribution in [1.29, 1.82) is 0 Å². The molecule has 258 valence electrons. The highest BCUT2D eigenvalue weighted by molar-refractivity contribution is 5.93. The van der Waals surface area contributed by atoms with Gasteiger partial charge in [0.2, 0.25) is 0 Å². The average molecular weight is 692 g/mol. The fourth-order valence-electron chi connectivity index (χ4n) is 9.52. The van der Waals surface area contributed by atoms with Crippen molar-refractivity contribution in [2.24, 2.45) is 0 Å². The van der Waals surface area contributed by atoms with Crippen LogP contribution in [-0.2, 0) is 10.8 Å². The normalized spacial score (nSPS) is 14.1. The highest BCUT2D eigenvalue weighted by atomic mass is 15.1. The summed E-state index contributed by atoms with van der Waals surface area (Å²) in [5, 5.41) is 0. The summed E-state index contributed by atoms with van der Waals surface area (Å²) in [6, 6.07) is 72.1. The molecule has 0 aliphatic heterocycles. The van der Waals surface area contributed by atoms with Gasteiger partial charge in [0.25, 0.3) is 0 Å². The van der Waals surface area contributed by atoms with Crippen molar-refractivity contribution < 1.29 is 0 Å². The van der Waals surface area contributed by atoms with Gasteiger partial charge in [-0.25, -0.2) is 0 Å². The first-order chi connectivity index (χ1) is 26.5. The molecule has 0 N–H and O–H groups in total. The first kappa shape index (κ1) is 32.2. The number of fused-ring (bicyclic) bond motifs is 6. The number of nitrogens with zero attached hydrogens (tertiary/aromatic N) is 1. The van der Waals surface area contributed by atoms with Gasteiger partial charge in [-0.15, -0.1) is 0 Å². The first-order valence-electron chi connectivity index (χ1n) is 19.0. The Morgan fingerprint density at radius 1 is 0.370 bits per heavy atom. The van der Waals surface area contributed by atoms with Crippen LogP contribution in [0.2, 0.25) is 0 Å². The predicted molar refractivity (Wildman–Crippen MR) is 226 cm³/mol. The number of anilines is 3. The van der Waals surface area contributed by atoms with E-state index in [1.807, 2.05) is 0 Å². The van der Waals surface area contributed by atoms with Crippen molar-refractivity contribution in [3.63, 3.8) is 0 Å². The highest BCUT2D eigenvalue weighted by Gasteiger charge is 2.46. The fourth-order valence-corrected chi connectivity index (χ4v) is 9.52. The van der Waals surface area contributed by atoms with Crippen LogP contribution in [0.3, 0.4) is 0 Å². The van der Waals surface area contributed by atoms with Gasteiger partial charge >= 0.3 is 0 Å². The lowest BCUT2D eigenvalue weighted by Crippen LogP contribution is -2.29. The first-order valence-corrected chi connectivity index (χ1v) is 19.0. The molecule has 0 unspecified atom stereocenters. The fraction of sp³-hybridized carbons (Fsp3) is 0.0943. The minimum absolute atomic E-state index is 0.125.